The number of hydrogen-bond donors (Lipinski definition) is 1. The number of likely N-dealkylation sites (tertiary alicyclic amines) is 2. The topological polar surface area (TPSA) is 69.7 Å². The summed E-state index contributed by atoms with van der Waals surface area (Å²) in [6.45, 7) is 3.62. The monoisotopic (exact) mass is 289 g/mol. The molecule has 0 aliphatic carbocycles. The molecule has 2 fully saturated rings. The lowest BCUT2D eigenvalue weighted by Crippen LogP contribution is -2.51. The molecule has 0 bridgehead atoms. The third-order valence-corrected chi connectivity index (χ3v) is 4.48. The zero-order valence-electron chi connectivity index (χ0n) is 11.5. The summed E-state index contributed by atoms with van der Waals surface area (Å²) in [6.07, 6.45) is 6.76. The van der Waals surface area contributed by atoms with Crippen molar-refractivity contribution in [2.45, 2.75) is 38.1 Å². The lowest BCUT2D eigenvalue weighted by atomic mass is 10.0. The van der Waals surface area contributed by atoms with Crippen LogP contribution in [0.25, 0.3) is 0 Å². The first kappa shape index (κ1) is 14.6. The van der Waals surface area contributed by atoms with Gasteiger partial charge in [0, 0.05) is 19.1 Å². The van der Waals surface area contributed by atoms with Gasteiger partial charge in [0.2, 0.25) is 10.0 Å². The first-order valence-corrected chi connectivity index (χ1v) is 8.85. The van der Waals surface area contributed by atoms with Crippen molar-refractivity contribution in [3.05, 3.63) is 0 Å². The minimum Gasteiger partial charge on any atom is -0.324 e. The number of nitrogens with zero attached hydrogens (tertiary/aromatic N) is 2. The van der Waals surface area contributed by atoms with E-state index in [-0.39, 0.29) is 0 Å². The number of sulfonamides is 1. The smallest absolute Gasteiger partial charge is 0.324 e. The third kappa shape index (κ3) is 4.35. The second-order valence-electron chi connectivity index (χ2n) is 5.49. The Bertz CT molecular complexity index is 410. The Labute approximate surface area is 115 Å². The Balaban J connectivity index is 1.80. The Morgan fingerprint density at radius 3 is 2.16 bits per heavy atom. The number of amides is 2. The van der Waals surface area contributed by atoms with Crippen molar-refractivity contribution in [1.29, 1.82) is 0 Å². The quantitative estimate of drug-likeness (QED) is 0.808. The summed E-state index contributed by atoms with van der Waals surface area (Å²) >= 11 is 0. The normalized spacial score (nSPS) is 23.3. The van der Waals surface area contributed by atoms with Crippen LogP contribution in [0, 0.1) is 0 Å². The summed E-state index contributed by atoms with van der Waals surface area (Å²) in [7, 11) is -3.46. The molecular weight excluding hydrogens is 266 g/mol. The van der Waals surface area contributed by atoms with Crippen LogP contribution < -0.4 is 4.72 Å². The first-order valence-electron chi connectivity index (χ1n) is 6.96. The molecule has 0 saturated carbocycles. The fraction of sp³-hybridized carbons (Fsp3) is 0.917. The second kappa shape index (κ2) is 6.09. The number of carbonyl (C=O) groups excluding carboxylic acids is 1. The predicted octanol–water partition coefficient (Wildman–Crippen LogP) is 0.606. The van der Waals surface area contributed by atoms with E-state index >= 15 is 0 Å². The van der Waals surface area contributed by atoms with Gasteiger partial charge in [0.15, 0.2) is 0 Å². The molecule has 110 valence electrons. The summed E-state index contributed by atoms with van der Waals surface area (Å²) in [5.74, 6) is 0. The predicted molar refractivity (Wildman–Crippen MR) is 73.4 cm³/mol. The maximum Gasteiger partial charge on any atom is 0.331 e. The lowest BCUT2D eigenvalue weighted by Gasteiger charge is -2.40. The number of urea groups is 1. The van der Waals surface area contributed by atoms with Crippen LogP contribution in [-0.2, 0) is 10.0 Å². The molecule has 19 heavy (non-hydrogen) atoms. The Morgan fingerprint density at radius 1 is 1.05 bits per heavy atom. The minimum atomic E-state index is -3.46. The zero-order chi connectivity index (χ0) is 13.9. The first-order chi connectivity index (χ1) is 8.96. The van der Waals surface area contributed by atoms with Crippen LogP contribution in [0.3, 0.4) is 0 Å². The summed E-state index contributed by atoms with van der Waals surface area (Å²) in [6, 6.07) is 0.0715. The van der Waals surface area contributed by atoms with Crippen LogP contribution in [0.2, 0.25) is 0 Å². The highest BCUT2D eigenvalue weighted by molar-refractivity contribution is 7.89. The van der Waals surface area contributed by atoms with Crippen LogP contribution in [0.4, 0.5) is 4.79 Å². The molecular formula is C12H23N3O3S. The number of nitrogens with one attached hydrogen (secondary N) is 1. The van der Waals surface area contributed by atoms with Crippen molar-refractivity contribution >= 4 is 16.1 Å². The molecule has 0 atom stereocenters. The summed E-state index contributed by atoms with van der Waals surface area (Å²) in [5, 5.41) is 0. The summed E-state index contributed by atoms with van der Waals surface area (Å²) in [4.78, 5) is 15.8. The fourth-order valence-corrected chi connectivity index (χ4v) is 3.39. The molecule has 0 aromatic heterocycles. The average molecular weight is 289 g/mol. The van der Waals surface area contributed by atoms with E-state index in [9.17, 15) is 13.2 Å². The van der Waals surface area contributed by atoms with E-state index in [0.29, 0.717) is 19.1 Å². The van der Waals surface area contributed by atoms with Gasteiger partial charge in [0.05, 0.1) is 6.26 Å². The van der Waals surface area contributed by atoms with E-state index in [1.807, 2.05) is 4.72 Å². The number of carbonyl (C=O) groups is 1. The van der Waals surface area contributed by atoms with E-state index in [2.05, 4.69) is 4.90 Å². The highest BCUT2D eigenvalue weighted by atomic mass is 32.2. The fourth-order valence-electron chi connectivity index (χ4n) is 2.94. The molecule has 6 nitrogen and oxygen atoms in total. The molecule has 2 rings (SSSR count). The van der Waals surface area contributed by atoms with Crippen LogP contribution in [-0.4, -0.2) is 62.7 Å². The Kier molecular flexibility index (Phi) is 4.67. The highest BCUT2D eigenvalue weighted by Crippen LogP contribution is 2.20. The van der Waals surface area contributed by atoms with E-state index in [4.69, 9.17) is 0 Å². The maximum absolute atomic E-state index is 11.7. The highest BCUT2D eigenvalue weighted by Gasteiger charge is 2.28. The van der Waals surface area contributed by atoms with Gasteiger partial charge >= 0.3 is 6.03 Å². The van der Waals surface area contributed by atoms with Gasteiger partial charge in [0.25, 0.3) is 0 Å². The van der Waals surface area contributed by atoms with Crippen LogP contribution in [0.1, 0.15) is 32.1 Å². The van der Waals surface area contributed by atoms with Gasteiger partial charge in [-0.15, -0.1) is 0 Å². The number of hydrogen-bond acceptors (Lipinski definition) is 4. The standard InChI is InChI=1S/C12H23N3O3S/c1-19(17,18)13-12(16)15-9-5-11(6-10-15)14-7-3-2-4-8-14/h11H,2-10H2,1H3,(H,13,16). The zero-order valence-corrected chi connectivity index (χ0v) is 12.3. The van der Waals surface area contributed by atoms with E-state index in [1.54, 1.807) is 4.90 Å². The summed E-state index contributed by atoms with van der Waals surface area (Å²) in [5.41, 5.74) is 0. The van der Waals surface area contributed by atoms with Crippen LogP contribution >= 0.6 is 0 Å². The van der Waals surface area contributed by atoms with Gasteiger partial charge in [-0.05, 0) is 38.8 Å². The molecule has 7 heteroatoms. The SMILES string of the molecule is CS(=O)(=O)NC(=O)N1CCC(N2CCCCC2)CC1. The van der Waals surface area contributed by atoms with Crippen LogP contribution in [0.15, 0.2) is 0 Å². The third-order valence-electron chi connectivity index (χ3n) is 3.93. The van der Waals surface area contributed by atoms with Gasteiger partial charge in [-0.3, -0.25) is 0 Å². The Morgan fingerprint density at radius 2 is 1.63 bits per heavy atom. The van der Waals surface area contributed by atoms with E-state index in [0.717, 1.165) is 19.1 Å². The van der Waals surface area contributed by atoms with Crippen molar-refractivity contribution in [2.75, 3.05) is 32.4 Å². The van der Waals surface area contributed by atoms with Crippen LogP contribution in [0.5, 0.6) is 0 Å². The van der Waals surface area contributed by atoms with E-state index in [1.165, 1.54) is 32.4 Å². The lowest BCUT2D eigenvalue weighted by molar-refractivity contribution is 0.103. The summed E-state index contributed by atoms with van der Waals surface area (Å²) < 4.78 is 24.1. The van der Waals surface area contributed by atoms with Crippen molar-refractivity contribution in [3.8, 4) is 0 Å². The molecule has 1 N–H and O–H groups in total. The largest absolute Gasteiger partial charge is 0.331 e. The second-order valence-corrected chi connectivity index (χ2v) is 7.24. The molecule has 2 aliphatic heterocycles. The number of piperidine rings is 2. The average Bonchev–Trinajstić information content (AvgIpc) is 2.38. The molecule has 2 amide bonds. The van der Waals surface area contributed by atoms with Crippen molar-refractivity contribution in [2.24, 2.45) is 0 Å². The molecule has 0 spiro atoms. The van der Waals surface area contributed by atoms with Gasteiger partial charge in [-0.1, -0.05) is 6.42 Å². The van der Waals surface area contributed by atoms with Gasteiger partial charge in [-0.2, -0.15) is 0 Å². The molecule has 0 aromatic rings. The molecule has 2 saturated heterocycles. The van der Waals surface area contributed by atoms with Gasteiger partial charge < -0.3 is 9.80 Å². The van der Waals surface area contributed by atoms with Gasteiger partial charge in [0.1, 0.15) is 0 Å². The maximum atomic E-state index is 11.7. The number of rotatable bonds is 2. The van der Waals surface area contributed by atoms with Crippen molar-refractivity contribution in [3.63, 3.8) is 0 Å². The molecule has 0 aromatic carbocycles. The van der Waals surface area contributed by atoms with E-state index < -0.39 is 16.1 Å². The van der Waals surface area contributed by atoms with Crippen molar-refractivity contribution in [1.82, 2.24) is 14.5 Å². The molecule has 2 aliphatic rings. The Hall–Kier alpha value is -0.820. The van der Waals surface area contributed by atoms with Crippen molar-refractivity contribution < 1.29 is 13.2 Å². The molecule has 0 radical (unpaired) electrons. The molecule has 0 unspecified atom stereocenters. The van der Waals surface area contributed by atoms with Gasteiger partial charge in [-0.25, -0.2) is 17.9 Å². The minimum absolute atomic E-state index is 0.486. The molecule has 2 heterocycles.